The monoisotopic (exact) mass is 246 g/mol. The third-order valence-electron chi connectivity index (χ3n) is 2.80. The number of carboxylic acids is 1. The van der Waals surface area contributed by atoms with Crippen LogP contribution in [0.25, 0.3) is 10.8 Å². The Balaban J connectivity index is 2.74. The normalized spacial score (nSPS) is 10.3. The Bertz CT molecular complexity index is 590. The van der Waals surface area contributed by atoms with E-state index in [0.29, 0.717) is 17.1 Å². The van der Waals surface area contributed by atoms with Crippen molar-refractivity contribution in [2.45, 2.75) is 6.42 Å². The quantitative estimate of drug-likeness (QED) is 0.900. The van der Waals surface area contributed by atoms with Crippen molar-refractivity contribution in [3.8, 4) is 11.5 Å². The molecule has 0 aliphatic rings. The Hall–Kier alpha value is -2.23. The van der Waals surface area contributed by atoms with Gasteiger partial charge in [0.2, 0.25) is 0 Å². The third-order valence-corrected chi connectivity index (χ3v) is 2.80. The number of benzene rings is 2. The third kappa shape index (κ3) is 2.09. The van der Waals surface area contributed by atoms with E-state index < -0.39 is 5.97 Å². The second-order valence-electron chi connectivity index (χ2n) is 3.89. The SMILES string of the molecule is COc1cc(CC(=O)O)c(OC)c2ccccc12. The summed E-state index contributed by atoms with van der Waals surface area (Å²) in [6.45, 7) is 0. The maximum atomic E-state index is 10.9. The van der Waals surface area contributed by atoms with Crippen molar-refractivity contribution in [2.75, 3.05) is 14.2 Å². The van der Waals surface area contributed by atoms with Crippen LogP contribution in [0.5, 0.6) is 11.5 Å². The van der Waals surface area contributed by atoms with Gasteiger partial charge in [0.15, 0.2) is 0 Å². The minimum Gasteiger partial charge on any atom is -0.496 e. The molecule has 0 bridgehead atoms. The number of carbonyl (C=O) groups is 1. The fourth-order valence-electron chi connectivity index (χ4n) is 2.07. The van der Waals surface area contributed by atoms with Crippen molar-refractivity contribution in [2.24, 2.45) is 0 Å². The average molecular weight is 246 g/mol. The molecular weight excluding hydrogens is 232 g/mol. The van der Waals surface area contributed by atoms with Crippen molar-refractivity contribution in [3.63, 3.8) is 0 Å². The van der Waals surface area contributed by atoms with Crippen LogP contribution >= 0.6 is 0 Å². The lowest BCUT2D eigenvalue weighted by atomic mass is 10.0. The summed E-state index contributed by atoms with van der Waals surface area (Å²) in [6, 6.07) is 9.31. The van der Waals surface area contributed by atoms with E-state index in [0.717, 1.165) is 10.8 Å². The first kappa shape index (κ1) is 12.2. The van der Waals surface area contributed by atoms with E-state index in [1.807, 2.05) is 24.3 Å². The molecule has 0 unspecified atom stereocenters. The highest BCUT2D eigenvalue weighted by molar-refractivity contribution is 5.95. The second kappa shape index (κ2) is 4.96. The molecule has 0 aliphatic heterocycles. The highest BCUT2D eigenvalue weighted by atomic mass is 16.5. The Morgan fingerprint density at radius 1 is 1.17 bits per heavy atom. The summed E-state index contributed by atoms with van der Waals surface area (Å²) < 4.78 is 10.6. The molecule has 1 N–H and O–H groups in total. The number of aliphatic carboxylic acids is 1. The molecule has 94 valence electrons. The summed E-state index contributed by atoms with van der Waals surface area (Å²) in [5, 5.41) is 10.7. The van der Waals surface area contributed by atoms with Gasteiger partial charge in [-0.25, -0.2) is 0 Å². The van der Waals surface area contributed by atoms with Gasteiger partial charge in [0.25, 0.3) is 0 Å². The lowest BCUT2D eigenvalue weighted by Crippen LogP contribution is -2.03. The molecule has 2 aromatic rings. The average Bonchev–Trinajstić information content (AvgIpc) is 2.37. The maximum Gasteiger partial charge on any atom is 0.307 e. The summed E-state index contributed by atoms with van der Waals surface area (Å²) in [7, 11) is 3.11. The molecule has 0 aliphatic carbocycles. The van der Waals surface area contributed by atoms with Crippen molar-refractivity contribution >= 4 is 16.7 Å². The van der Waals surface area contributed by atoms with Crippen LogP contribution in [0.15, 0.2) is 30.3 Å². The van der Waals surface area contributed by atoms with Gasteiger partial charge in [0.1, 0.15) is 11.5 Å². The topological polar surface area (TPSA) is 55.8 Å². The molecule has 0 radical (unpaired) electrons. The Morgan fingerprint density at radius 2 is 1.83 bits per heavy atom. The molecule has 0 fully saturated rings. The molecule has 0 heterocycles. The zero-order valence-electron chi connectivity index (χ0n) is 10.3. The number of rotatable bonds is 4. The van der Waals surface area contributed by atoms with E-state index in [2.05, 4.69) is 0 Å². The molecule has 0 saturated carbocycles. The highest BCUT2D eigenvalue weighted by Gasteiger charge is 2.14. The Labute approximate surface area is 105 Å². The second-order valence-corrected chi connectivity index (χ2v) is 3.89. The summed E-state index contributed by atoms with van der Waals surface area (Å²) in [4.78, 5) is 10.9. The molecule has 0 amide bonds. The summed E-state index contributed by atoms with van der Waals surface area (Å²) in [5.41, 5.74) is 0.612. The first-order valence-corrected chi connectivity index (χ1v) is 5.51. The van der Waals surface area contributed by atoms with E-state index in [-0.39, 0.29) is 6.42 Å². The Morgan fingerprint density at radius 3 is 2.39 bits per heavy atom. The van der Waals surface area contributed by atoms with Gasteiger partial charge in [0, 0.05) is 16.3 Å². The number of fused-ring (bicyclic) bond motifs is 1. The lowest BCUT2D eigenvalue weighted by Gasteiger charge is -2.13. The van der Waals surface area contributed by atoms with E-state index >= 15 is 0 Å². The predicted molar refractivity (Wildman–Crippen MR) is 68.4 cm³/mol. The molecule has 4 heteroatoms. The van der Waals surface area contributed by atoms with Gasteiger partial charge in [-0.3, -0.25) is 4.79 Å². The van der Waals surface area contributed by atoms with Crippen molar-refractivity contribution in [3.05, 3.63) is 35.9 Å². The minimum absolute atomic E-state index is 0.0929. The van der Waals surface area contributed by atoms with Gasteiger partial charge in [0.05, 0.1) is 20.6 Å². The van der Waals surface area contributed by atoms with E-state index in [4.69, 9.17) is 14.6 Å². The van der Waals surface area contributed by atoms with Crippen LogP contribution in [0.1, 0.15) is 5.56 Å². The summed E-state index contributed by atoms with van der Waals surface area (Å²) in [6.07, 6.45) is -0.0929. The minimum atomic E-state index is -0.898. The van der Waals surface area contributed by atoms with Crippen LogP contribution in [0, 0.1) is 0 Å². The maximum absolute atomic E-state index is 10.9. The van der Waals surface area contributed by atoms with Gasteiger partial charge >= 0.3 is 5.97 Å². The van der Waals surface area contributed by atoms with Gasteiger partial charge in [-0.1, -0.05) is 24.3 Å². The van der Waals surface area contributed by atoms with Crippen molar-refractivity contribution in [1.29, 1.82) is 0 Å². The molecule has 0 aromatic heterocycles. The molecular formula is C14H14O4. The smallest absolute Gasteiger partial charge is 0.307 e. The molecule has 18 heavy (non-hydrogen) atoms. The number of hydrogen-bond donors (Lipinski definition) is 1. The zero-order valence-corrected chi connectivity index (χ0v) is 10.3. The van der Waals surface area contributed by atoms with Gasteiger partial charge < -0.3 is 14.6 Å². The first-order valence-electron chi connectivity index (χ1n) is 5.51. The molecule has 0 spiro atoms. The molecule has 2 rings (SSSR count). The van der Waals surface area contributed by atoms with E-state index in [9.17, 15) is 4.79 Å². The van der Waals surface area contributed by atoms with Crippen LogP contribution in [0.2, 0.25) is 0 Å². The lowest BCUT2D eigenvalue weighted by molar-refractivity contribution is -0.136. The highest BCUT2D eigenvalue weighted by Crippen LogP contribution is 2.36. The molecule has 0 saturated heterocycles. The van der Waals surface area contributed by atoms with Crippen LogP contribution < -0.4 is 9.47 Å². The standard InChI is InChI=1S/C14H14O4/c1-17-12-7-9(8-13(15)16)14(18-2)11-6-4-3-5-10(11)12/h3-7H,8H2,1-2H3,(H,15,16). The predicted octanol–water partition coefficient (Wildman–Crippen LogP) is 2.48. The molecule has 0 atom stereocenters. The van der Waals surface area contributed by atoms with Crippen LogP contribution in [0.3, 0.4) is 0 Å². The van der Waals surface area contributed by atoms with Crippen LogP contribution in [-0.2, 0) is 11.2 Å². The van der Waals surface area contributed by atoms with E-state index in [1.165, 1.54) is 0 Å². The fourth-order valence-corrected chi connectivity index (χ4v) is 2.07. The Kier molecular flexibility index (Phi) is 3.37. The first-order chi connectivity index (χ1) is 8.67. The van der Waals surface area contributed by atoms with Gasteiger partial charge in [-0.2, -0.15) is 0 Å². The number of ether oxygens (including phenoxy) is 2. The summed E-state index contributed by atoms with van der Waals surface area (Å²) >= 11 is 0. The van der Waals surface area contributed by atoms with Crippen molar-refractivity contribution < 1.29 is 19.4 Å². The molecule has 4 nitrogen and oxygen atoms in total. The van der Waals surface area contributed by atoms with Crippen LogP contribution in [0.4, 0.5) is 0 Å². The van der Waals surface area contributed by atoms with Crippen molar-refractivity contribution in [1.82, 2.24) is 0 Å². The fraction of sp³-hybridized carbons (Fsp3) is 0.214. The molecule has 2 aromatic carbocycles. The zero-order chi connectivity index (χ0) is 13.1. The van der Waals surface area contributed by atoms with Gasteiger partial charge in [-0.05, 0) is 6.07 Å². The van der Waals surface area contributed by atoms with Gasteiger partial charge in [-0.15, -0.1) is 0 Å². The van der Waals surface area contributed by atoms with Crippen LogP contribution in [-0.4, -0.2) is 25.3 Å². The largest absolute Gasteiger partial charge is 0.496 e. The number of hydrogen-bond acceptors (Lipinski definition) is 3. The summed E-state index contributed by atoms with van der Waals surface area (Å²) in [5.74, 6) is 0.349. The van der Waals surface area contributed by atoms with E-state index in [1.54, 1.807) is 20.3 Å². The number of carboxylic acid groups (broad SMARTS) is 1. The number of methoxy groups -OCH3 is 2.